The predicted octanol–water partition coefficient (Wildman–Crippen LogP) is 2.16. The highest BCUT2D eigenvalue weighted by Crippen LogP contribution is 2.40. The van der Waals surface area contributed by atoms with E-state index in [4.69, 9.17) is 0 Å². The highest BCUT2D eigenvalue weighted by atomic mass is 28.3. The first-order valence-corrected chi connectivity index (χ1v) is 8.80. The first-order chi connectivity index (χ1) is 6.14. The Kier molecular flexibility index (Phi) is 2.96. The normalized spacial score (nSPS) is 39.5. The van der Waals surface area contributed by atoms with E-state index in [-0.39, 0.29) is 5.54 Å². The van der Waals surface area contributed by atoms with Gasteiger partial charge < -0.3 is 10.2 Å². The smallest absolute Gasteiger partial charge is 0.0917 e. The Morgan fingerprint density at radius 2 is 1.93 bits per heavy atom. The van der Waals surface area contributed by atoms with E-state index in [0.717, 1.165) is 0 Å². The number of aliphatic hydroxyl groups is 2. The van der Waals surface area contributed by atoms with Crippen LogP contribution < -0.4 is 0 Å². The lowest BCUT2D eigenvalue weighted by molar-refractivity contribution is -0.0644. The summed E-state index contributed by atoms with van der Waals surface area (Å²) < 4.78 is 0. The van der Waals surface area contributed by atoms with Gasteiger partial charge in [-0.3, -0.25) is 0 Å². The molecule has 2 nitrogen and oxygen atoms in total. The Bertz CT molecular complexity index is 251. The van der Waals surface area contributed by atoms with Crippen molar-refractivity contribution in [2.75, 3.05) is 0 Å². The van der Waals surface area contributed by atoms with Crippen molar-refractivity contribution in [2.24, 2.45) is 0 Å². The molecule has 82 valence electrons. The van der Waals surface area contributed by atoms with Crippen LogP contribution in [0.1, 0.15) is 20.3 Å². The van der Waals surface area contributed by atoms with Crippen LogP contribution in [-0.2, 0) is 0 Å². The van der Waals surface area contributed by atoms with Crippen molar-refractivity contribution >= 4 is 8.07 Å². The first-order valence-electron chi connectivity index (χ1n) is 5.22. The lowest BCUT2D eigenvalue weighted by atomic mass is 9.84. The van der Waals surface area contributed by atoms with Gasteiger partial charge in [-0.1, -0.05) is 31.3 Å². The van der Waals surface area contributed by atoms with Gasteiger partial charge in [0.05, 0.1) is 19.8 Å². The van der Waals surface area contributed by atoms with E-state index in [2.05, 4.69) is 25.7 Å². The summed E-state index contributed by atoms with van der Waals surface area (Å²) in [5.41, 5.74) is 0.433. The third-order valence-electron chi connectivity index (χ3n) is 3.08. The van der Waals surface area contributed by atoms with Crippen molar-refractivity contribution < 1.29 is 10.2 Å². The number of aliphatic hydroxyl groups excluding tert-OH is 1. The molecule has 0 fully saturated rings. The van der Waals surface area contributed by atoms with E-state index in [0.29, 0.717) is 6.42 Å². The SMILES string of the molecule is CC1=C[C@@H]([Si](C)(C)C)[C@H](O)[C@](C)(O)C1. The average molecular weight is 214 g/mol. The Balaban J connectivity index is 3.02. The van der Waals surface area contributed by atoms with Gasteiger partial charge in [-0.25, -0.2) is 0 Å². The quantitative estimate of drug-likeness (QED) is 0.519. The lowest BCUT2D eigenvalue weighted by Crippen LogP contribution is -2.50. The summed E-state index contributed by atoms with van der Waals surface area (Å²) in [6, 6.07) is 0. The van der Waals surface area contributed by atoms with Crippen molar-refractivity contribution in [3.05, 3.63) is 11.6 Å². The molecule has 0 spiro atoms. The fourth-order valence-electron chi connectivity index (χ4n) is 2.24. The third kappa shape index (κ3) is 2.27. The van der Waals surface area contributed by atoms with Crippen LogP contribution in [0.15, 0.2) is 11.6 Å². The summed E-state index contributed by atoms with van der Waals surface area (Å²) >= 11 is 0. The molecular formula is C11H22O2Si. The monoisotopic (exact) mass is 214 g/mol. The second kappa shape index (κ2) is 3.47. The van der Waals surface area contributed by atoms with Crippen molar-refractivity contribution in [2.45, 2.75) is 57.2 Å². The maximum Gasteiger partial charge on any atom is 0.0917 e. The molecule has 0 saturated carbocycles. The van der Waals surface area contributed by atoms with Crippen LogP contribution in [0.2, 0.25) is 25.2 Å². The minimum Gasteiger partial charge on any atom is -0.390 e. The molecule has 0 bridgehead atoms. The molecule has 2 N–H and O–H groups in total. The van der Waals surface area contributed by atoms with E-state index in [9.17, 15) is 10.2 Å². The minimum absolute atomic E-state index is 0.172. The van der Waals surface area contributed by atoms with Crippen molar-refractivity contribution in [1.82, 2.24) is 0 Å². The van der Waals surface area contributed by atoms with Gasteiger partial charge >= 0.3 is 0 Å². The molecule has 1 aliphatic rings. The fraction of sp³-hybridized carbons (Fsp3) is 0.818. The second-order valence-electron chi connectivity index (χ2n) is 5.88. The highest BCUT2D eigenvalue weighted by Gasteiger charge is 2.44. The van der Waals surface area contributed by atoms with Gasteiger partial charge in [-0.2, -0.15) is 0 Å². The molecule has 0 heterocycles. The molecule has 1 rings (SSSR count). The largest absolute Gasteiger partial charge is 0.390 e. The van der Waals surface area contributed by atoms with Crippen LogP contribution in [0.5, 0.6) is 0 Å². The van der Waals surface area contributed by atoms with Crippen molar-refractivity contribution in [1.29, 1.82) is 0 Å². The van der Waals surface area contributed by atoms with Crippen LogP contribution in [-0.4, -0.2) is 30.0 Å². The standard InChI is InChI=1S/C11H22O2Si/c1-8-6-9(14(3,4)5)10(12)11(2,13)7-8/h6,9-10,12-13H,7H2,1-5H3/t9-,10+,11-/m1/s1. The zero-order valence-electron chi connectivity index (χ0n) is 9.83. The van der Waals surface area contributed by atoms with Gasteiger partial charge in [-0.05, 0) is 20.3 Å². The molecule has 0 aromatic carbocycles. The van der Waals surface area contributed by atoms with Crippen LogP contribution in [0, 0.1) is 0 Å². The summed E-state index contributed by atoms with van der Waals surface area (Å²) in [4.78, 5) is 0. The second-order valence-corrected chi connectivity index (χ2v) is 11.3. The van der Waals surface area contributed by atoms with Gasteiger partial charge in [0.25, 0.3) is 0 Å². The highest BCUT2D eigenvalue weighted by molar-refractivity contribution is 6.78. The van der Waals surface area contributed by atoms with Crippen LogP contribution in [0.3, 0.4) is 0 Å². The van der Waals surface area contributed by atoms with Gasteiger partial charge in [0, 0.05) is 5.54 Å². The summed E-state index contributed by atoms with van der Waals surface area (Å²) in [5, 5.41) is 20.2. The summed E-state index contributed by atoms with van der Waals surface area (Å²) in [7, 11) is -1.44. The molecule has 0 amide bonds. The van der Waals surface area contributed by atoms with Gasteiger partial charge in [0.15, 0.2) is 0 Å². The zero-order valence-corrected chi connectivity index (χ0v) is 10.8. The van der Waals surface area contributed by atoms with Crippen LogP contribution >= 0.6 is 0 Å². The molecule has 0 aromatic rings. The maximum atomic E-state index is 10.1. The molecule has 0 unspecified atom stereocenters. The Hall–Kier alpha value is -0.123. The van der Waals surface area contributed by atoms with Gasteiger partial charge in [0.2, 0.25) is 0 Å². The molecule has 0 aromatic heterocycles. The number of hydrogen-bond acceptors (Lipinski definition) is 2. The van der Waals surface area contributed by atoms with Crippen molar-refractivity contribution in [3.8, 4) is 0 Å². The third-order valence-corrected chi connectivity index (χ3v) is 5.56. The van der Waals surface area contributed by atoms with Gasteiger partial charge in [0.1, 0.15) is 0 Å². The number of rotatable bonds is 1. The predicted molar refractivity (Wildman–Crippen MR) is 62.1 cm³/mol. The molecule has 0 aliphatic heterocycles. The molecular weight excluding hydrogens is 192 g/mol. The Morgan fingerprint density at radius 3 is 2.36 bits per heavy atom. The summed E-state index contributed by atoms with van der Waals surface area (Å²) in [6.07, 6.45) is 2.15. The number of hydrogen-bond donors (Lipinski definition) is 2. The topological polar surface area (TPSA) is 40.5 Å². The Morgan fingerprint density at radius 1 is 1.43 bits per heavy atom. The molecule has 3 atom stereocenters. The molecule has 0 radical (unpaired) electrons. The maximum absolute atomic E-state index is 10.1. The lowest BCUT2D eigenvalue weighted by Gasteiger charge is -2.42. The molecule has 1 aliphatic carbocycles. The summed E-state index contributed by atoms with van der Waals surface area (Å²) in [6.45, 7) is 10.5. The van der Waals surface area contributed by atoms with Crippen molar-refractivity contribution in [3.63, 3.8) is 0 Å². The summed E-state index contributed by atoms with van der Waals surface area (Å²) in [5.74, 6) is 0. The van der Waals surface area contributed by atoms with Crippen LogP contribution in [0.4, 0.5) is 0 Å². The molecule has 0 saturated heterocycles. The van der Waals surface area contributed by atoms with Gasteiger partial charge in [-0.15, -0.1) is 0 Å². The Labute approximate surface area is 87.7 Å². The van der Waals surface area contributed by atoms with Crippen LogP contribution in [0.25, 0.3) is 0 Å². The zero-order chi connectivity index (χ0) is 11.1. The van der Waals surface area contributed by atoms with E-state index in [1.54, 1.807) is 6.92 Å². The average Bonchev–Trinajstić information content (AvgIpc) is 1.93. The molecule has 14 heavy (non-hydrogen) atoms. The van der Waals surface area contributed by atoms with E-state index < -0.39 is 19.8 Å². The fourth-order valence-corrected chi connectivity index (χ4v) is 4.33. The first kappa shape index (κ1) is 11.9. The van der Waals surface area contributed by atoms with E-state index in [1.807, 2.05) is 6.92 Å². The minimum atomic E-state index is -1.44. The van der Waals surface area contributed by atoms with E-state index >= 15 is 0 Å². The molecule has 3 heteroatoms. The van der Waals surface area contributed by atoms with E-state index in [1.165, 1.54) is 5.57 Å².